The fourth-order valence-corrected chi connectivity index (χ4v) is 5.97. The molecule has 1 aliphatic heterocycles. The maximum atomic E-state index is 9.39. The maximum Gasteiger partial charge on any atom is 0.168 e. The van der Waals surface area contributed by atoms with Gasteiger partial charge in [0, 0.05) is 19.4 Å². The van der Waals surface area contributed by atoms with Crippen molar-refractivity contribution in [2.75, 3.05) is 13.2 Å². The lowest BCUT2D eigenvalue weighted by atomic mass is 9.99. The summed E-state index contributed by atoms with van der Waals surface area (Å²) in [6, 6.07) is 0. The largest absolute Gasteiger partial charge is 0.396 e. The van der Waals surface area contributed by atoms with Gasteiger partial charge in [0.2, 0.25) is 0 Å². The number of unbranched alkanes of at least 4 members (excludes halogenated alkanes) is 18. The first kappa shape index (κ1) is 40.9. The summed E-state index contributed by atoms with van der Waals surface area (Å²) in [5, 5.41) is 9.39. The summed E-state index contributed by atoms with van der Waals surface area (Å²) in [7, 11) is 0. The molecule has 0 radical (unpaired) electrons. The first-order valence-electron chi connectivity index (χ1n) is 19.3. The van der Waals surface area contributed by atoms with Crippen molar-refractivity contribution in [1.82, 2.24) is 0 Å². The molecule has 0 aliphatic carbocycles. The average Bonchev–Trinajstić information content (AvgIpc) is 3.43. The molecular weight excluding hydrogens is 540 g/mol. The van der Waals surface area contributed by atoms with Crippen molar-refractivity contribution in [3.63, 3.8) is 0 Å². The van der Waals surface area contributed by atoms with Gasteiger partial charge in [-0.05, 0) is 122 Å². The normalized spacial score (nSPS) is 17.0. The van der Waals surface area contributed by atoms with Crippen LogP contribution in [0.5, 0.6) is 0 Å². The van der Waals surface area contributed by atoms with Crippen LogP contribution in [0.1, 0.15) is 187 Å². The molecule has 3 heteroatoms. The summed E-state index contributed by atoms with van der Waals surface area (Å²) < 4.78 is 12.7. The third kappa shape index (κ3) is 25.1. The van der Waals surface area contributed by atoms with E-state index >= 15 is 0 Å². The number of rotatable bonds is 32. The van der Waals surface area contributed by atoms with E-state index in [2.05, 4.69) is 62.5 Å². The number of hydrogen-bond donors (Lipinski definition) is 1. The fraction of sp³-hybridized carbons (Fsp3) is 0.805. The molecule has 3 nitrogen and oxygen atoms in total. The number of hydrogen-bond acceptors (Lipinski definition) is 3. The molecule has 44 heavy (non-hydrogen) atoms. The molecule has 0 aromatic rings. The van der Waals surface area contributed by atoms with Crippen molar-refractivity contribution < 1.29 is 14.6 Å². The zero-order valence-corrected chi connectivity index (χ0v) is 29.5. The standard InChI is InChI=1S/C41H74O3/c1-3-5-7-9-11-13-15-17-19-21-23-25-27-29-31-33-36-41(43-39-40(44-41)35-38-42)37-34-32-30-28-26-24-22-20-18-16-14-12-10-8-6-4-2/h11-14,23-26,40,42H,3-10,15-22,27-39H2,1-2H3/b13-11-,14-12-,25-23-,26-24-/t40-/m0/s1. The minimum Gasteiger partial charge on any atom is -0.396 e. The van der Waals surface area contributed by atoms with Crippen LogP contribution in [0.15, 0.2) is 48.6 Å². The van der Waals surface area contributed by atoms with Crippen LogP contribution in [0.3, 0.4) is 0 Å². The van der Waals surface area contributed by atoms with Gasteiger partial charge >= 0.3 is 0 Å². The van der Waals surface area contributed by atoms with Crippen LogP contribution < -0.4 is 0 Å². The van der Waals surface area contributed by atoms with Crippen LogP contribution >= 0.6 is 0 Å². The fourth-order valence-electron chi connectivity index (χ4n) is 5.97. The Morgan fingerprint density at radius 1 is 0.500 bits per heavy atom. The van der Waals surface area contributed by atoms with Gasteiger partial charge in [-0.25, -0.2) is 0 Å². The monoisotopic (exact) mass is 615 g/mol. The van der Waals surface area contributed by atoms with Crippen molar-refractivity contribution >= 4 is 0 Å². The van der Waals surface area contributed by atoms with Gasteiger partial charge in [-0.2, -0.15) is 0 Å². The van der Waals surface area contributed by atoms with Crippen LogP contribution in [0, 0.1) is 0 Å². The number of ether oxygens (including phenoxy) is 2. The Bertz CT molecular complexity index is 659. The molecule has 0 spiro atoms. The molecule has 1 heterocycles. The highest BCUT2D eigenvalue weighted by molar-refractivity contribution is 4.86. The lowest BCUT2D eigenvalue weighted by Gasteiger charge is -2.28. The van der Waals surface area contributed by atoms with Gasteiger partial charge in [-0.1, -0.05) is 101 Å². The molecule has 0 aromatic carbocycles. The first-order chi connectivity index (χ1) is 21.8. The molecule has 1 saturated heterocycles. The van der Waals surface area contributed by atoms with Crippen LogP contribution in [-0.2, 0) is 9.47 Å². The molecule has 1 aliphatic rings. The second-order valence-electron chi connectivity index (χ2n) is 13.1. The molecule has 0 amide bonds. The van der Waals surface area contributed by atoms with Crippen molar-refractivity contribution in [2.45, 2.75) is 199 Å². The van der Waals surface area contributed by atoms with E-state index in [0.29, 0.717) is 13.0 Å². The van der Waals surface area contributed by atoms with E-state index in [0.717, 1.165) is 25.7 Å². The van der Waals surface area contributed by atoms with Gasteiger partial charge in [0.25, 0.3) is 0 Å². The molecule has 256 valence electrons. The average molecular weight is 615 g/mol. The Morgan fingerprint density at radius 3 is 1.18 bits per heavy atom. The molecule has 1 fully saturated rings. The summed E-state index contributed by atoms with van der Waals surface area (Å²) in [5.74, 6) is -0.416. The Kier molecular flexibility index (Phi) is 29.5. The molecule has 0 saturated carbocycles. The third-order valence-electron chi connectivity index (χ3n) is 8.82. The van der Waals surface area contributed by atoms with Gasteiger partial charge in [0.05, 0.1) is 12.7 Å². The minimum atomic E-state index is -0.416. The molecule has 0 bridgehead atoms. The van der Waals surface area contributed by atoms with E-state index in [1.54, 1.807) is 0 Å². The highest BCUT2D eigenvalue weighted by Crippen LogP contribution is 2.35. The topological polar surface area (TPSA) is 38.7 Å². The highest BCUT2D eigenvalue weighted by Gasteiger charge is 2.40. The summed E-state index contributed by atoms with van der Waals surface area (Å²) >= 11 is 0. The minimum absolute atomic E-state index is 0.0546. The van der Waals surface area contributed by atoms with Crippen LogP contribution in [0.25, 0.3) is 0 Å². The molecule has 1 atom stereocenters. The quantitative estimate of drug-likeness (QED) is 0.0605. The zero-order valence-electron chi connectivity index (χ0n) is 29.5. The van der Waals surface area contributed by atoms with E-state index in [4.69, 9.17) is 9.47 Å². The van der Waals surface area contributed by atoms with Gasteiger partial charge < -0.3 is 14.6 Å². The van der Waals surface area contributed by atoms with Gasteiger partial charge in [0.1, 0.15) is 0 Å². The Hall–Kier alpha value is -1.16. The van der Waals surface area contributed by atoms with Crippen molar-refractivity contribution in [3.8, 4) is 0 Å². The van der Waals surface area contributed by atoms with E-state index in [9.17, 15) is 5.11 Å². The second-order valence-corrected chi connectivity index (χ2v) is 13.1. The van der Waals surface area contributed by atoms with E-state index in [1.807, 2.05) is 0 Å². The molecular formula is C41H74O3. The predicted octanol–water partition coefficient (Wildman–Crippen LogP) is 12.9. The maximum absolute atomic E-state index is 9.39. The summed E-state index contributed by atoms with van der Waals surface area (Å²) in [6.45, 7) is 5.34. The zero-order chi connectivity index (χ0) is 31.7. The van der Waals surface area contributed by atoms with Crippen molar-refractivity contribution in [2.24, 2.45) is 0 Å². The van der Waals surface area contributed by atoms with Gasteiger partial charge in [0.15, 0.2) is 5.79 Å². The summed E-state index contributed by atoms with van der Waals surface area (Å²) in [5.41, 5.74) is 0. The lowest BCUT2D eigenvalue weighted by molar-refractivity contribution is -0.180. The van der Waals surface area contributed by atoms with Gasteiger partial charge in [-0.3, -0.25) is 0 Å². The lowest BCUT2D eigenvalue weighted by Crippen LogP contribution is -2.31. The SMILES string of the molecule is CCCCC/C=C\CCCC/C=C\CCCCCC1(CCCCC/C=C\CCCC/C=C\CCCCC)OC[C@H](CCO)O1. The molecule has 0 unspecified atom stereocenters. The van der Waals surface area contributed by atoms with Crippen molar-refractivity contribution in [1.29, 1.82) is 0 Å². The smallest absolute Gasteiger partial charge is 0.168 e. The second kappa shape index (κ2) is 31.8. The van der Waals surface area contributed by atoms with E-state index < -0.39 is 5.79 Å². The van der Waals surface area contributed by atoms with Crippen molar-refractivity contribution in [3.05, 3.63) is 48.6 Å². The van der Waals surface area contributed by atoms with E-state index in [-0.39, 0.29) is 12.7 Å². The first-order valence-corrected chi connectivity index (χ1v) is 19.3. The molecule has 1 N–H and O–H groups in total. The Balaban J connectivity index is 2.10. The number of allylic oxidation sites excluding steroid dienone is 8. The summed E-state index contributed by atoms with van der Waals surface area (Å²) in [6.07, 6.45) is 52.1. The summed E-state index contributed by atoms with van der Waals surface area (Å²) in [4.78, 5) is 0. The van der Waals surface area contributed by atoms with Crippen LogP contribution in [0.2, 0.25) is 0 Å². The predicted molar refractivity (Wildman–Crippen MR) is 193 cm³/mol. The van der Waals surface area contributed by atoms with Crippen LogP contribution in [-0.4, -0.2) is 30.2 Å². The Labute approximate surface area is 275 Å². The number of aliphatic hydroxyl groups is 1. The van der Waals surface area contributed by atoms with E-state index in [1.165, 1.54) is 141 Å². The van der Waals surface area contributed by atoms with Gasteiger partial charge in [-0.15, -0.1) is 0 Å². The Morgan fingerprint density at radius 2 is 0.841 bits per heavy atom. The molecule has 1 rings (SSSR count). The third-order valence-corrected chi connectivity index (χ3v) is 8.82. The number of aliphatic hydroxyl groups excluding tert-OH is 1. The highest BCUT2D eigenvalue weighted by atomic mass is 16.7. The van der Waals surface area contributed by atoms with Crippen LogP contribution in [0.4, 0.5) is 0 Å². The molecule has 0 aromatic heterocycles.